The Morgan fingerprint density at radius 2 is 1.88 bits per heavy atom. The first kappa shape index (κ1) is 17.5. The van der Waals surface area contributed by atoms with Crippen LogP contribution in [0.1, 0.15) is 68.9 Å². The van der Waals surface area contributed by atoms with Crippen LogP contribution in [0.25, 0.3) is 0 Å². The zero-order valence-electron chi connectivity index (χ0n) is 15.0. The quantitative estimate of drug-likeness (QED) is 0.745. The van der Waals surface area contributed by atoms with Crippen LogP contribution in [0, 0.1) is 5.82 Å². The van der Waals surface area contributed by atoms with Crippen LogP contribution in [-0.4, -0.2) is 25.9 Å². The van der Waals surface area contributed by atoms with E-state index in [-0.39, 0.29) is 23.0 Å². The van der Waals surface area contributed by atoms with E-state index in [0.717, 1.165) is 16.5 Å². The lowest BCUT2D eigenvalue weighted by Gasteiger charge is -2.18. The molecule has 2 aromatic rings. The Hall–Kier alpha value is -1.89. The van der Waals surface area contributed by atoms with Crippen molar-refractivity contribution in [3.63, 3.8) is 0 Å². The van der Waals surface area contributed by atoms with Gasteiger partial charge < -0.3 is 9.88 Å². The van der Waals surface area contributed by atoms with Crippen molar-refractivity contribution in [2.75, 3.05) is 0 Å². The molecular formula is C19H23FN4OS. The summed E-state index contributed by atoms with van der Waals surface area (Å²) in [7, 11) is 0. The van der Waals surface area contributed by atoms with Gasteiger partial charge in [0.25, 0.3) is 0 Å². The zero-order chi connectivity index (χ0) is 18.3. The van der Waals surface area contributed by atoms with Crippen molar-refractivity contribution in [3.8, 4) is 0 Å². The van der Waals surface area contributed by atoms with Crippen LogP contribution in [0.4, 0.5) is 4.39 Å². The average Bonchev–Trinajstić information content (AvgIpc) is 3.54. The van der Waals surface area contributed by atoms with Gasteiger partial charge in [0.2, 0.25) is 5.91 Å². The van der Waals surface area contributed by atoms with E-state index in [4.69, 9.17) is 0 Å². The van der Waals surface area contributed by atoms with Gasteiger partial charge in [0.05, 0.1) is 11.3 Å². The lowest BCUT2D eigenvalue weighted by molar-refractivity contribution is -0.120. The fraction of sp³-hybridized carbons (Fsp3) is 0.526. The second kappa shape index (κ2) is 7.02. The summed E-state index contributed by atoms with van der Waals surface area (Å²) in [6.07, 6.45) is 4.74. The maximum atomic E-state index is 13.0. The lowest BCUT2D eigenvalue weighted by atomic mass is 10.1. The zero-order valence-corrected chi connectivity index (χ0v) is 15.8. The molecule has 2 aliphatic carbocycles. The highest BCUT2D eigenvalue weighted by Crippen LogP contribution is 2.46. The van der Waals surface area contributed by atoms with Gasteiger partial charge in [-0.15, -0.1) is 10.2 Å². The molecule has 2 saturated carbocycles. The molecular weight excluding hydrogens is 351 g/mol. The van der Waals surface area contributed by atoms with Gasteiger partial charge in [-0.2, -0.15) is 0 Å². The molecule has 26 heavy (non-hydrogen) atoms. The average molecular weight is 374 g/mol. The van der Waals surface area contributed by atoms with Gasteiger partial charge in [-0.25, -0.2) is 4.39 Å². The molecule has 5 nitrogen and oxygen atoms in total. The molecule has 4 rings (SSSR count). The van der Waals surface area contributed by atoms with Crippen molar-refractivity contribution < 1.29 is 9.18 Å². The number of hydrogen-bond acceptors (Lipinski definition) is 4. The highest BCUT2D eigenvalue weighted by atomic mass is 32.2. The van der Waals surface area contributed by atoms with Crippen LogP contribution >= 0.6 is 11.8 Å². The summed E-state index contributed by atoms with van der Waals surface area (Å²) in [6.45, 7) is 3.79. The fourth-order valence-electron chi connectivity index (χ4n) is 3.04. The van der Waals surface area contributed by atoms with Crippen LogP contribution in [0.15, 0.2) is 29.4 Å². The first-order valence-electron chi connectivity index (χ1n) is 9.20. The number of thioether (sulfide) groups is 1. The number of carbonyl (C=O) groups is 1. The summed E-state index contributed by atoms with van der Waals surface area (Å²) < 4.78 is 15.3. The van der Waals surface area contributed by atoms with E-state index in [1.807, 2.05) is 13.8 Å². The molecule has 0 radical (unpaired) electrons. The van der Waals surface area contributed by atoms with Gasteiger partial charge in [0.15, 0.2) is 5.16 Å². The number of hydrogen-bond donors (Lipinski definition) is 1. The largest absolute Gasteiger partial charge is 0.349 e. The van der Waals surface area contributed by atoms with E-state index in [1.165, 1.54) is 49.6 Å². The first-order chi connectivity index (χ1) is 12.5. The van der Waals surface area contributed by atoms with Gasteiger partial charge in [-0.1, -0.05) is 23.9 Å². The number of nitrogens with zero attached hydrogens (tertiary/aromatic N) is 3. The van der Waals surface area contributed by atoms with E-state index < -0.39 is 0 Å². The molecule has 1 aromatic carbocycles. The summed E-state index contributed by atoms with van der Waals surface area (Å²) in [5, 5.41) is 12.3. The number of rotatable bonds is 7. The number of nitrogens with one attached hydrogen (secondary N) is 1. The normalized spacial score (nSPS) is 19.2. The van der Waals surface area contributed by atoms with Crippen molar-refractivity contribution >= 4 is 17.7 Å². The third-order valence-corrected chi connectivity index (χ3v) is 5.98. The Bertz CT molecular complexity index is 798. The molecule has 2 aliphatic rings. The Balaban J connectivity index is 1.40. The van der Waals surface area contributed by atoms with Crippen molar-refractivity contribution in [1.29, 1.82) is 0 Å². The van der Waals surface area contributed by atoms with Crippen molar-refractivity contribution in [3.05, 3.63) is 41.5 Å². The summed E-state index contributed by atoms with van der Waals surface area (Å²) in [4.78, 5) is 12.6. The smallest absolute Gasteiger partial charge is 0.233 e. The molecule has 1 amide bonds. The number of benzene rings is 1. The number of carbonyl (C=O) groups excluding carboxylic acids is 1. The van der Waals surface area contributed by atoms with Crippen LogP contribution < -0.4 is 5.32 Å². The predicted molar refractivity (Wildman–Crippen MR) is 98.5 cm³/mol. The molecule has 1 heterocycles. The van der Waals surface area contributed by atoms with Crippen LogP contribution in [0.5, 0.6) is 0 Å². The fourth-order valence-corrected chi connectivity index (χ4v) is 3.98. The van der Waals surface area contributed by atoms with E-state index in [9.17, 15) is 9.18 Å². The molecule has 0 unspecified atom stereocenters. The first-order valence-corrected chi connectivity index (χ1v) is 10.1. The second-order valence-corrected chi connectivity index (χ2v) is 8.57. The topological polar surface area (TPSA) is 59.8 Å². The molecule has 2 fully saturated rings. The minimum Gasteiger partial charge on any atom is -0.349 e. The maximum Gasteiger partial charge on any atom is 0.233 e. The minimum absolute atomic E-state index is 0.0508. The van der Waals surface area contributed by atoms with Gasteiger partial charge in [0.1, 0.15) is 11.6 Å². The SMILES string of the molecule is C[C@H](Sc1nnc(C2CC2)n1C1CC1)C(=O)N[C@H](C)c1ccc(F)cc1. The third kappa shape index (κ3) is 3.77. The van der Waals surface area contributed by atoms with Crippen LogP contribution in [0.3, 0.4) is 0 Å². The summed E-state index contributed by atoms with van der Waals surface area (Å²) in [5.74, 6) is 1.33. The van der Waals surface area contributed by atoms with Crippen molar-refractivity contribution in [1.82, 2.24) is 20.1 Å². The van der Waals surface area contributed by atoms with Crippen LogP contribution in [0.2, 0.25) is 0 Å². The molecule has 0 aliphatic heterocycles. The molecule has 2 atom stereocenters. The minimum atomic E-state index is -0.276. The van der Waals surface area contributed by atoms with Gasteiger partial charge >= 0.3 is 0 Å². The number of halogens is 1. The number of aromatic nitrogens is 3. The summed E-state index contributed by atoms with van der Waals surface area (Å²) in [5.41, 5.74) is 0.883. The third-order valence-electron chi connectivity index (χ3n) is 4.93. The molecule has 7 heteroatoms. The van der Waals surface area contributed by atoms with Gasteiger partial charge in [0, 0.05) is 12.0 Å². The van der Waals surface area contributed by atoms with Gasteiger partial charge in [-0.3, -0.25) is 4.79 Å². The van der Waals surface area contributed by atoms with E-state index in [2.05, 4.69) is 20.1 Å². The Kier molecular flexibility index (Phi) is 4.73. The Morgan fingerprint density at radius 3 is 2.50 bits per heavy atom. The Morgan fingerprint density at radius 1 is 1.19 bits per heavy atom. The molecule has 0 saturated heterocycles. The van der Waals surface area contributed by atoms with E-state index >= 15 is 0 Å². The Labute approximate surface area is 156 Å². The van der Waals surface area contributed by atoms with E-state index in [1.54, 1.807) is 12.1 Å². The molecule has 0 bridgehead atoms. The molecule has 1 N–H and O–H groups in total. The number of amides is 1. The van der Waals surface area contributed by atoms with E-state index in [0.29, 0.717) is 12.0 Å². The highest BCUT2D eigenvalue weighted by molar-refractivity contribution is 8.00. The second-order valence-electron chi connectivity index (χ2n) is 7.26. The van der Waals surface area contributed by atoms with Crippen LogP contribution in [-0.2, 0) is 4.79 Å². The monoisotopic (exact) mass is 374 g/mol. The van der Waals surface area contributed by atoms with Crippen molar-refractivity contribution in [2.45, 2.75) is 67.9 Å². The molecule has 1 aromatic heterocycles. The molecule has 138 valence electrons. The van der Waals surface area contributed by atoms with Crippen molar-refractivity contribution in [2.24, 2.45) is 0 Å². The molecule has 0 spiro atoms. The lowest BCUT2D eigenvalue weighted by Crippen LogP contribution is -2.33. The summed E-state index contributed by atoms with van der Waals surface area (Å²) >= 11 is 1.47. The maximum absolute atomic E-state index is 13.0. The predicted octanol–water partition coefficient (Wildman–Crippen LogP) is 3.99. The van der Waals surface area contributed by atoms with Gasteiger partial charge in [-0.05, 0) is 57.2 Å². The summed E-state index contributed by atoms with van der Waals surface area (Å²) in [6, 6.07) is 6.56. The standard InChI is InChI=1S/C19H23FN4OS/c1-11(13-5-7-15(20)8-6-13)21-18(25)12(2)26-19-23-22-17(14-3-4-14)24(19)16-9-10-16/h5-8,11-12,14,16H,3-4,9-10H2,1-2H3,(H,21,25)/t11-,12+/m1/s1. The highest BCUT2D eigenvalue weighted by Gasteiger charge is 2.37.